The summed E-state index contributed by atoms with van der Waals surface area (Å²) < 4.78 is 1.69. The average Bonchev–Trinajstić information content (AvgIpc) is 2.94. The Bertz CT molecular complexity index is 930. The second kappa shape index (κ2) is 6.32. The Morgan fingerprint density at radius 2 is 2.04 bits per heavy atom. The smallest absolute Gasteiger partial charge is 0.336 e. The lowest BCUT2D eigenvalue weighted by molar-refractivity contribution is 0.0697. The minimum Gasteiger partial charge on any atom is -0.478 e. The molecule has 7 nitrogen and oxygen atoms in total. The molecule has 8 heteroatoms. The van der Waals surface area contributed by atoms with E-state index in [4.69, 9.17) is 12.2 Å². The van der Waals surface area contributed by atoms with Gasteiger partial charge in [0, 0.05) is 11.8 Å². The number of nitrogens with zero attached hydrogens (tertiary/aromatic N) is 4. The largest absolute Gasteiger partial charge is 0.478 e. The Morgan fingerprint density at radius 3 is 2.78 bits per heavy atom. The van der Waals surface area contributed by atoms with Crippen molar-refractivity contribution in [3.05, 3.63) is 64.6 Å². The van der Waals surface area contributed by atoms with Crippen molar-refractivity contribution in [2.75, 3.05) is 0 Å². The number of nitrogens with one attached hydrogen (secondary N) is 1. The van der Waals surface area contributed by atoms with Crippen LogP contribution in [0.3, 0.4) is 0 Å². The number of benzene rings is 1. The molecule has 0 amide bonds. The Morgan fingerprint density at radius 1 is 1.26 bits per heavy atom. The zero-order valence-corrected chi connectivity index (χ0v) is 12.6. The number of hydrogen-bond acceptors (Lipinski definition) is 5. The molecule has 0 bridgehead atoms. The fraction of sp³-hybridized carbons (Fsp3) is 0. The topological polar surface area (TPSA) is 96.2 Å². The van der Waals surface area contributed by atoms with Crippen molar-refractivity contribution in [2.24, 2.45) is 5.10 Å². The van der Waals surface area contributed by atoms with Gasteiger partial charge in [-0.15, -0.1) is 0 Å². The molecule has 2 aromatic heterocycles. The highest BCUT2D eigenvalue weighted by Crippen LogP contribution is 2.14. The number of pyridine rings is 1. The van der Waals surface area contributed by atoms with Crippen LogP contribution < -0.4 is 0 Å². The van der Waals surface area contributed by atoms with Gasteiger partial charge in [-0.3, -0.25) is 4.98 Å². The predicted octanol–water partition coefficient (Wildman–Crippen LogP) is 2.58. The van der Waals surface area contributed by atoms with E-state index in [0.29, 0.717) is 17.1 Å². The molecule has 0 atom stereocenters. The van der Waals surface area contributed by atoms with Crippen LogP contribution in [0.2, 0.25) is 0 Å². The maximum atomic E-state index is 11.2. The molecule has 3 aromatic rings. The molecule has 114 valence electrons. The molecule has 0 saturated carbocycles. The van der Waals surface area contributed by atoms with Crippen molar-refractivity contribution in [3.8, 4) is 11.5 Å². The molecule has 0 fully saturated rings. The SMILES string of the molecule is O=C(O)c1ccccc1/C=N/n1c(-c2ccccn2)n[nH]c1=S. The van der Waals surface area contributed by atoms with Crippen molar-refractivity contribution in [1.82, 2.24) is 19.9 Å². The van der Waals surface area contributed by atoms with Gasteiger partial charge in [0.1, 0.15) is 5.69 Å². The monoisotopic (exact) mass is 325 g/mol. The number of aromatic carboxylic acids is 1. The van der Waals surface area contributed by atoms with Crippen LogP contribution in [0.25, 0.3) is 11.5 Å². The van der Waals surface area contributed by atoms with Crippen molar-refractivity contribution in [1.29, 1.82) is 0 Å². The van der Waals surface area contributed by atoms with Crippen LogP contribution in [0, 0.1) is 4.77 Å². The summed E-state index contributed by atoms with van der Waals surface area (Å²) in [5, 5.41) is 20.2. The summed E-state index contributed by atoms with van der Waals surface area (Å²) in [7, 11) is 0. The van der Waals surface area contributed by atoms with Crippen molar-refractivity contribution >= 4 is 24.4 Å². The average molecular weight is 325 g/mol. The van der Waals surface area contributed by atoms with E-state index in [2.05, 4.69) is 20.3 Å². The number of carbonyl (C=O) groups is 1. The quantitative estimate of drug-likeness (QED) is 0.568. The zero-order chi connectivity index (χ0) is 16.2. The van der Waals surface area contributed by atoms with E-state index in [1.807, 2.05) is 6.07 Å². The maximum Gasteiger partial charge on any atom is 0.336 e. The molecule has 23 heavy (non-hydrogen) atoms. The van der Waals surface area contributed by atoms with Crippen LogP contribution in [0.5, 0.6) is 0 Å². The Balaban J connectivity index is 2.04. The first-order valence-corrected chi connectivity index (χ1v) is 7.03. The number of carboxylic acids is 1. The van der Waals surface area contributed by atoms with Crippen molar-refractivity contribution in [2.45, 2.75) is 0 Å². The van der Waals surface area contributed by atoms with Gasteiger partial charge >= 0.3 is 5.97 Å². The normalized spacial score (nSPS) is 11.0. The van der Waals surface area contributed by atoms with E-state index in [1.54, 1.807) is 36.5 Å². The molecule has 0 saturated heterocycles. The minimum absolute atomic E-state index is 0.158. The summed E-state index contributed by atoms with van der Waals surface area (Å²) in [6, 6.07) is 12.0. The molecule has 2 heterocycles. The number of carboxylic acid groups (broad SMARTS) is 1. The highest BCUT2D eigenvalue weighted by atomic mass is 32.1. The second-order valence-electron chi connectivity index (χ2n) is 4.52. The van der Waals surface area contributed by atoms with E-state index in [0.717, 1.165) is 0 Å². The summed E-state index contributed by atoms with van der Waals surface area (Å²) in [5.41, 5.74) is 1.23. The summed E-state index contributed by atoms with van der Waals surface area (Å²) >= 11 is 5.16. The van der Waals surface area contributed by atoms with E-state index in [1.165, 1.54) is 17.0 Å². The van der Waals surface area contributed by atoms with Gasteiger partial charge in [-0.2, -0.15) is 14.9 Å². The van der Waals surface area contributed by atoms with E-state index >= 15 is 0 Å². The predicted molar refractivity (Wildman–Crippen MR) is 87.0 cm³/mol. The highest BCUT2D eigenvalue weighted by Gasteiger charge is 2.10. The first kappa shape index (κ1) is 14.8. The fourth-order valence-electron chi connectivity index (χ4n) is 1.98. The minimum atomic E-state index is -1.02. The number of H-pyrrole nitrogens is 1. The third-order valence-electron chi connectivity index (χ3n) is 3.05. The van der Waals surface area contributed by atoms with Crippen LogP contribution in [-0.4, -0.2) is 37.1 Å². The van der Waals surface area contributed by atoms with Gasteiger partial charge in [-0.1, -0.05) is 24.3 Å². The van der Waals surface area contributed by atoms with Gasteiger partial charge in [-0.05, 0) is 30.4 Å². The third-order valence-corrected chi connectivity index (χ3v) is 3.31. The molecule has 0 spiro atoms. The first-order chi connectivity index (χ1) is 11.2. The molecule has 3 rings (SSSR count). The lowest BCUT2D eigenvalue weighted by atomic mass is 10.1. The molecule has 0 aliphatic carbocycles. The van der Waals surface area contributed by atoms with Crippen LogP contribution in [0.15, 0.2) is 53.8 Å². The van der Waals surface area contributed by atoms with Gasteiger partial charge in [-0.25, -0.2) is 9.89 Å². The Hall–Kier alpha value is -3.13. The highest BCUT2D eigenvalue weighted by molar-refractivity contribution is 7.71. The van der Waals surface area contributed by atoms with Crippen LogP contribution >= 0.6 is 12.2 Å². The maximum absolute atomic E-state index is 11.2. The number of rotatable bonds is 4. The third kappa shape index (κ3) is 3.06. The molecular weight excluding hydrogens is 314 g/mol. The van der Waals surface area contributed by atoms with Crippen LogP contribution in [0.4, 0.5) is 0 Å². The summed E-state index contributed by atoms with van der Waals surface area (Å²) in [6.45, 7) is 0. The molecule has 0 aliphatic heterocycles. The number of hydrogen-bond donors (Lipinski definition) is 2. The Kier molecular flexibility index (Phi) is 4.07. The van der Waals surface area contributed by atoms with Crippen molar-refractivity contribution in [3.63, 3.8) is 0 Å². The van der Waals surface area contributed by atoms with E-state index in [-0.39, 0.29) is 10.3 Å². The Labute approximate surface area is 136 Å². The van der Waals surface area contributed by atoms with Crippen LogP contribution in [0.1, 0.15) is 15.9 Å². The summed E-state index contributed by atoms with van der Waals surface area (Å²) in [6.07, 6.45) is 3.07. The summed E-state index contributed by atoms with van der Waals surface area (Å²) in [5.74, 6) is -0.576. The molecular formula is C15H11N5O2S. The fourth-order valence-corrected chi connectivity index (χ4v) is 2.16. The van der Waals surface area contributed by atoms with Gasteiger partial charge in [0.25, 0.3) is 0 Å². The van der Waals surface area contributed by atoms with E-state index in [9.17, 15) is 9.90 Å². The van der Waals surface area contributed by atoms with Crippen LogP contribution in [-0.2, 0) is 0 Å². The number of aromatic nitrogens is 4. The standard InChI is InChI=1S/C15H11N5O2S/c21-14(22)11-6-2-1-5-10(11)9-17-20-13(18-19-15(20)23)12-7-3-4-8-16-12/h1-9H,(H,19,23)(H,21,22)/b17-9+. The number of aromatic amines is 1. The van der Waals surface area contributed by atoms with Gasteiger partial charge in [0.2, 0.25) is 10.6 Å². The molecule has 2 N–H and O–H groups in total. The second-order valence-corrected chi connectivity index (χ2v) is 4.90. The van der Waals surface area contributed by atoms with Gasteiger partial charge in [0.05, 0.1) is 11.8 Å². The molecule has 0 radical (unpaired) electrons. The first-order valence-electron chi connectivity index (χ1n) is 6.62. The molecule has 0 aliphatic rings. The zero-order valence-electron chi connectivity index (χ0n) is 11.7. The van der Waals surface area contributed by atoms with Crippen molar-refractivity contribution < 1.29 is 9.90 Å². The van der Waals surface area contributed by atoms with E-state index < -0.39 is 5.97 Å². The molecule has 0 unspecified atom stereocenters. The molecule has 1 aromatic carbocycles. The summed E-state index contributed by atoms with van der Waals surface area (Å²) in [4.78, 5) is 15.4. The lowest BCUT2D eigenvalue weighted by Crippen LogP contribution is -2.02. The van der Waals surface area contributed by atoms with Gasteiger partial charge in [0.15, 0.2) is 0 Å². The lowest BCUT2D eigenvalue weighted by Gasteiger charge is -2.01. The van der Waals surface area contributed by atoms with Gasteiger partial charge < -0.3 is 5.11 Å².